The molecule has 4 saturated heterocycles. The van der Waals surface area contributed by atoms with E-state index in [4.69, 9.17) is 25.9 Å². The average Bonchev–Trinajstić information content (AvgIpc) is 3.68. The molecule has 256 valence electrons. The standard InChI is InChI=1S/C37H33F3N6O4/c1-4-23-25(39)10-8-20-6-5-7-24(27(20)23)30-29(40)31-28-33(43-35(42-31)49-17-37-14-21(38)15-44(37)13-12-18(37)2)45-16-22-9-11-26(46(22)36(47)48)32(45)19(3)50-34(28)41-30/h1,5-8,10,19,21-22,26,32H,2,9,11-17H2,3H3,(H,47,48)/t19?,21-,22?,26?,32?,37+/m1/s1. The smallest absolute Gasteiger partial charge is 0.407 e. The Morgan fingerprint density at radius 3 is 2.82 bits per heavy atom. The van der Waals surface area contributed by atoms with Crippen molar-refractivity contribution in [3.8, 4) is 35.5 Å². The third-order valence-corrected chi connectivity index (χ3v) is 11.5. The summed E-state index contributed by atoms with van der Waals surface area (Å²) >= 11 is 0. The number of halogens is 3. The van der Waals surface area contributed by atoms with Crippen molar-refractivity contribution in [3.05, 3.63) is 59.7 Å². The molecule has 2 aromatic carbocycles. The number of alkyl halides is 1. The Kier molecular flexibility index (Phi) is 6.78. The molecule has 4 unspecified atom stereocenters. The fraction of sp³-hybridized carbons (Fsp3) is 0.405. The first-order valence-electron chi connectivity index (χ1n) is 16.8. The molecule has 50 heavy (non-hydrogen) atoms. The Balaban J connectivity index is 1.25. The molecule has 1 amide bonds. The van der Waals surface area contributed by atoms with Gasteiger partial charge >= 0.3 is 12.1 Å². The number of amides is 1. The minimum Gasteiger partial charge on any atom is -0.472 e. The zero-order valence-electron chi connectivity index (χ0n) is 27.2. The highest BCUT2D eigenvalue weighted by Crippen LogP contribution is 2.48. The second-order valence-electron chi connectivity index (χ2n) is 14.0. The van der Waals surface area contributed by atoms with Gasteiger partial charge in [0.25, 0.3) is 0 Å². The summed E-state index contributed by atoms with van der Waals surface area (Å²) in [5.41, 5.74) is 0.0749. The molecule has 13 heteroatoms. The molecular formula is C37H33F3N6O4. The summed E-state index contributed by atoms with van der Waals surface area (Å²) in [6.45, 7) is 7.32. The van der Waals surface area contributed by atoms with Crippen LogP contribution in [0.3, 0.4) is 0 Å². The molecule has 0 aliphatic carbocycles. The largest absolute Gasteiger partial charge is 0.472 e. The molecular weight excluding hydrogens is 649 g/mol. The molecule has 2 aromatic heterocycles. The molecule has 5 aliphatic heterocycles. The van der Waals surface area contributed by atoms with Gasteiger partial charge in [0.05, 0.1) is 29.2 Å². The number of nitrogens with zero attached hydrogens (tertiary/aromatic N) is 6. The van der Waals surface area contributed by atoms with Gasteiger partial charge < -0.3 is 19.5 Å². The molecule has 4 aromatic rings. The van der Waals surface area contributed by atoms with Gasteiger partial charge in [0.1, 0.15) is 47.1 Å². The van der Waals surface area contributed by atoms with Crippen LogP contribution >= 0.6 is 0 Å². The van der Waals surface area contributed by atoms with Gasteiger partial charge in [-0.25, -0.2) is 22.9 Å². The number of pyridine rings is 1. The van der Waals surface area contributed by atoms with Crippen LogP contribution in [0.15, 0.2) is 42.5 Å². The van der Waals surface area contributed by atoms with Crippen molar-refractivity contribution in [2.24, 2.45) is 0 Å². The molecule has 0 radical (unpaired) electrons. The van der Waals surface area contributed by atoms with E-state index < -0.39 is 47.6 Å². The van der Waals surface area contributed by atoms with E-state index in [0.717, 1.165) is 5.57 Å². The molecule has 4 fully saturated rings. The van der Waals surface area contributed by atoms with Gasteiger partial charge in [-0.3, -0.25) is 9.80 Å². The molecule has 1 N–H and O–H groups in total. The fourth-order valence-electron chi connectivity index (χ4n) is 9.24. The molecule has 10 nitrogen and oxygen atoms in total. The van der Waals surface area contributed by atoms with Crippen molar-refractivity contribution in [2.75, 3.05) is 31.1 Å². The Labute approximate surface area is 285 Å². The molecule has 0 spiro atoms. The average molecular weight is 683 g/mol. The first-order valence-corrected chi connectivity index (χ1v) is 16.8. The number of fused-ring (bicyclic) bond motifs is 7. The number of carbonyl (C=O) groups is 1. The van der Waals surface area contributed by atoms with E-state index >= 15 is 8.78 Å². The van der Waals surface area contributed by atoms with Crippen molar-refractivity contribution in [2.45, 2.75) is 68.5 Å². The van der Waals surface area contributed by atoms with Crippen molar-refractivity contribution in [3.63, 3.8) is 0 Å². The minimum absolute atomic E-state index is 0.0200. The number of ether oxygens (including phenoxy) is 2. The summed E-state index contributed by atoms with van der Waals surface area (Å²) in [6, 6.07) is 6.59. The topological polar surface area (TPSA) is 104 Å². The van der Waals surface area contributed by atoms with Crippen LogP contribution in [0.2, 0.25) is 0 Å². The Morgan fingerprint density at radius 2 is 2.02 bits per heavy atom. The number of aromatic nitrogens is 3. The summed E-state index contributed by atoms with van der Waals surface area (Å²) in [5, 5.41) is 11.3. The number of terminal acetylenes is 1. The molecule has 6 atom stereocenters. The van der Waals surface area contributed by atoms with Gasteiger partial charge in [0.15, 0.2) is 5.82 Å². The summed E-state index contributed by atoms with van der Waals surface area (Å²) in [5.74, 6) is 1.34. The van der Waals surface area contributed by atoms with Crippen molar-refractivity contribution >= 4 is 33.6 Å². The lowest BCUT2D eigenvalue weighted by Crippen LogP contribution is -2.64. The number of benzene rings is 2. The maximum Gasteiger partial charge on any atom is 0.407 e. The van der Waals surface area contributed by atoms with Gasteiger partial charge in [0.2, 0.25) is 5.88 Å². The highest BCUT2D eigenvalue weighted by atomic mass is 19.1. The van der Waals surface area contributed by atoms with E-state index in [2.05, 4.69) is 17.5 Å². The minimum atomic E-state index is -1.04. The lowest BCUT2D eigenvalue weighted by molar-refractivity contribution is 0.0706. The Morgan fingerprint density at radius 1 is 1.18 bits per heavy atom. The van der Waals surface area contributed by atoms with E-state index in [1.54, 1.807) is 24.3 Å². The number of hydrogen-bond acceptors (Lipinski definition) is 8. The molecule has 9 rings (SSSR count). The van der Waals surface area contributed by atoms with Crippen LogP contribution in [0.25, 0.3) is 32.9 Å². The molecule has 0 saturated carbocycles. The number of rotatable bonds is 4. The quantitative estimate of drug-likeness (QED) is 0.214. The number of piperazine rings is 1. The van der Waals surface area contributed by atoms with E-state index in [9.17, 15) is 14.3 Å². The van der Waals surface area contributed by atoms with Gasteiger partial charge in [-0.1, -0.05) is 42.3 Å². The van der Waals surface area contributed by atoms with Gasteiger partial charge in [-0.15, -0.1) is 6.42 Å². The number of hydrogen-bond donors (Lipinski definition) is 1. The second kappa shape index (κ2) is 11.0. The monoisotopic (exact) mass is 682 g/mol. The maximum absolute atomic E-state index is 17.2. The first kappa shape index (κ1) is 30.9. The van der Waals surface area contributed by atoms with Gasteiger partial charge in [-0.2, -0.15) is 9.97 Å². The van der Waals surface area contributed by atoms with Crippen LogP contribution in [0.4, 0.5) is 23.8 Å². The lowest BCUT2D eigenvalue weighted by atomic mass is 9.90. The van der Waals surface area contributed by atoms with Crippen molar-refractivity contribution in [1.82, 2.24) is 24.8 Å². The molecule has 7 heterocycles. The third kappa shape index (κ3) is 4.27. The predicted octanol–water partition coefficient (Wildman–Crippen LogP) is 5.71. The second-order valence-corrected chi connectivity index (χ2v) is 14.0. The van der Waals surface area contributed by atoms with Crippen LogP contribution in [0.1, 0.15) is 38.2 Å². The zero-order valence-corrected chi connectivity index (χ0v) is 27.2. The highest BCUT2D eigenvalue weighted by molar-refractivity contribution is 6.03. The van der Waals surface area contributed by atoms with Gasteiger partial charge in [0, 0.05) is 37.0 Å². The Hall–Kier alpha value is -5.09. The SMILES string of the molecule is C#Cc1c(F)ccc2cccc(-c3nc4c5c(nc(OC[C@]67C[C@@H](F)CN6CCC7=C)nc5c3F)N3CC5CCC(C3C(C)O4)N5C(=O)O)c12. The Bertz CT molecular complexity index is 2190. The maximum atomic E-state index is 17.2. The molecule has 2 bridgehead atoms. The summed E-state index contributed by atoms with van der Waals surface area (Å²) in [6.07, 6.45) is 5.32. The van der Waals surface area contributed by atoms with Crippen LogP contribution in [-0.4, -0.2) is 98.1 Å². The van der Waals surface area contributed by atoms with Crippen LogP contribution < -0.4 is 14.4 Å². The first-order chi connectivity index (χ1) is 24.1. The van der Waals surface area contributed by atoms with Crippen molar-refractivity contribution < 1.29 is 32.5 Å². The summed E-state index contributed by atoms with van der Waals surface area (Å²) in [7, 11) is 0. The highest BCUT2D eigenvalue weighted by Gasteiger charge is 2.54. The van der Waals surface area contributed by atoms with Crippen LogP contribution in [0.5, 0.6) is 11.9 Å². The van der Waals surface area contributed by atoms with Crippen LogP contribution in [0, 0.1) is 24.0 Å². The van der Waals surface area contributed by atoms with Crippen molar-refractivity contribution in [1.29, 1.82) is 0 Å². The van der Waals surface area contributed by atoms with E-state index in [1.807, 2.05) is 16.7 Å². The van der Waals surface area contributed by atoms with Gasteiger partial charge in [-0.05, 0) is 37.6 Å². The van der Waals surface area contributed by atoms with E-state index in [1.165, 1.54) is 11.0 Å². The van der Waals surface area contributed by atoms with Crippen LogP contribution in [-0.2, 0) is 0 Å². The number of anilines is 1. The van der Waals surface area contributed by atoms with E-state index in [-0.39, 0.29) is 65.2 Å². The normalized spacial score (nSPS) is 28.4. The summed E-state index contributed by atoms with van der Waals surface area (Å²) in [4.78, 5) is 32.1. The van der Waals surface area contributed by atoms with E-state index in [0.29, 0.717) is 48.9 Å². The predicted molar refractivity (Wildman–Crippen MR) is 179 cm³/mol. The number of carboxylic acid groups (broad SMARTS) is 1. The zero-order chi connectivity index (χ0) is 34.6. The fourth-order valence-corrected chi connectivity index (χ4v) is 9.24. The lowest BCUT2D eigenvalue weighted by Gasteiger charge is -2.47. The third-order valence-electron chi connectivity index (χ3n) is 11.5. The molecule has 5 aliphatic rings. The summed E-state index contributed by atoms with van der Waals surface area (Å²) < 4.78 is 59.7.